The first kappa shape index (κ1) is 14.7. The molecule has 0 spiro atoms. The normalized spacial score (nSPS) is 26.1. The van der Waals surface area contributed by atoms with E-state index in [9.17, 15) is 4.39 Å². The Labute approximate surface area is 136 Å². The molecule has 0 radical (unpaired) electrons. The van der Waals surface area contributed by atoms with Gasteiger partial charge in [-0.05, 0) is 48.6 Å². The van der Waals surface area contributed by atoms with E-state index < -0.39 is 0 Å². The van der Waals surface area contributed by atoms with Gasteiger partial charge in [0.05, 0.1) is 12.1 Å². The van der Waals surface area contributed by atoms with Crippen molar-refractivity contribution < 1.29 is 9.13 Å². The minimum Gasteiger partial charge on any atom is -0.378 e. The summed E-state index contributed by atoms with van der Waals surface area (Å²) in [5, 5.41) is 3.68. The maximum absolute atomic E-state index is 13.3. The Morgan fingerprint density at radius 1 is 1.17 bits per heavy atom. The lowest BCUT2D eigenvalue weighted by Gasteiger charge is -2.43. The fourth-order valence-electron chi connectivity index (χ4n) is 3.94. The fraction of sp³-hybridized carbons (Fsp3) is 0.400. The molecule has 1 fully saturated rings. The van der Waals surface area contributed by atoms with Crippen LogP contribution >= 0.6 is 0 Å². The second-order valence-electron chi connectivity index (χ2n) is 6.55. The lowest BCUT2D eigenvalue weighted by Crippen LogP contribution is -2.36. The number of anilines is 1. The number of ether oxygens (including phenoxy) is 1. The zero-order chi connectivity index (χ0) is 15.8. The zero-order valence-corrected chi connectivity index (χ0v) is 13.4. The molecular formula is C20H22FNO. The second-order valence-corrected chi connectivity index (χ2v) is 6.55. The van der Waals surface area contributed by atoms with Gasteiger partial charge in [0.2, 0.25) is 0 Å². The number of benzene rings is 2. The van der Waals surface area contributed by atoms with Gasteiger partial charge in [-0.25, -0.2) is 4.39 Å². The number of fused-ring (bicyclic) bond motifs is 3. The summed E-state index contributed by atoms with van der Waals surface area (Å²) >= 11 is 0. The molecule has 120 valence electrons. The molecular weight excluding hydrogens is 289 g/mol. The minimum absolute atomic E-state index is 0.140. The molecule has 23 heavy (non-hydrogen) atoms. The maximum atomic E-state index is 13.3. The van der Waals surface area contributed by atoms with E-state index in [0.717, 1.165) is 37.1 Å². The van der Waals surface area contributed by atoms with E-state index >= 15 is 0 Å². The van der Waals surface area contributed by atoms with Gasteiger partial charge in [-0.15, -0.1) is 0 Å². The van der Waals surface area contributed by atoms with E-state index in [1.807, 2.05) is 12.1 Å². The van der Waals surface area contributed by atoms with Gasteiger partial charge in [-0.3, -0.25) is 0 Å². The summed E-state index contributed by atoms with van der Waals surface area (Å²) < 4.78 is 19.4. The van der Waals surface area contributed by atoms with Gasteiger partial charge in [0.25, 0.3) is 0 Å². The van der Waals surface area contributed by atoms with Crippen LogP contribution < -0.4 is 5.32 Å². The molecule has 0 amide bonds. The first-order valence-electron chi connectivity index (χ1n) is 8.52. The molecule has 0 unspecified atom stereocenters. The molecule has 0 bridgehead atoms. The number of rotatable bonds is 2. The lowest BCUT2D eigenvalue weighted by atomic mass is 9.77. The van der Waals surface area contributed by atoms with Crippen molar-refractivity contribution in [2.45, 2.75) is 38.3 Å². The lowest BCUT2D eigenvalue weighted by molar-refractivity contribution is -0.0381. The summed E-state index contributed by atoms with van der Waals surface area (Å²) in [6, 6.07) is 13.7. The standard InChI is InChI=1S/C20H22FNO/c1-2-13-5-10-18-17(12-13)20-16(4-3-11-23-20)19(22-18)14-6-8-15(21)9-7-14/h5-10,12,16,19-20,22H,2-4,11H2,1H3/t16-,19+,20-/m1/s1. The molecule has 0 aromatic heterocycles. The predicted molar refractivity (Wildman–Crippen MR) is 90.0 cm³/mol. The Bertz CT molecular complexity index is 697. The largest absolute Gasteiger partial charge is 0.378 e. The van der Waals surface area contributed by atoms with Crippen molar-refractivity contribution >= 4 is 5.69 Å². The van der Waals surface area contributed by atoms with E-state index in [-0.39, 0.29) is 18.0 Å². The van der Waals surface area contributed by atoms with Crippen molar-refractivity contribution in [3.05, 3.63) is 65.0 Å². The van der Waals surface area contributed by atoms with Gasteiger partial charge < -0.3 is 10.1 Å². The average Bonchev–Trinajstić information content (AvgIpc) is 2.61. The van der Waals surface area contributed by atoms with Crippen LogP contribution in [0.3, 0.4) is 0 Å². The predicted octanol–water partition coefficient (Wildman–Crippen LogP) is 5.02. The Morgan fingerprint density at radius 2 is 2.00 bits per heavy atom. The minimum atomic E-state index is -0.186. The van der Waals surface area contributed by atoms with Crippen molar-refractivity contribution in [2.24, 2.45) is 5.92 Å². The highest BCUT2D eigenvalue weighted by molar-refractivity contribution is 5.58. The summed E-state index contributed by atoms with van der Waals surface area (Å²) in [5.41, 5.74) is 4.92. The fourth-order valence-corrected chi connectivity index (χ4v) is 3.94. The molecule has 1 N–H and O–H groups in total. The third kappa shape index (κ3) is 2.63. The molecule has 2 aliphatic heterocycles. The van der Waals surface area contributed by atoms with Crippen molar-refractivity contribution in [2.75, 3.05) is 11.9 Å². The van der Waals surface area contributed by atoms with Gasteiger partial charge in [-0.2, -0.15) is 0 Å². The van der Waals surface area contributed by atoms with E-state index in [1.54, 1.807) is 12.1 Å². The third-order valence-electron chi connectivity index (χ3n) is 5.17. The second kappa shape index (κ2) is 5.97. The van der Waals surface area contributed by atoms with Gasteiger partial charge in [0.1, 0.15) is 5.82 Å². The van der Waals surface area contributed by atoms with Crippen LogP contribution in [0.25, 0.3) is 0 Å². The van der Waals surface area contributed by atoms with Crippen LogP contribution in [0.4, 0.5) is 10.1 Å². The first-order valence-corrected chi connectivity index (χ1v) is 8.52. The zero-order valence-electron chi connectivity index (χ0n) is 13.4. The molecule has 2 aromatic rings. The van der Waals surface area contributed by atoms with Crippen LogP contribution in [-0.2, 0) is 11.2 Å². The van der Waals surface area contributed by atoms with Gasteiger partial charge >= 0.3 is 0 Å². The number of halogens is 1. The van der Waals surface area contributed by atoms with Crippen molar-refractivity contribution in [1.82, 2.24) is 0 Å². The summed E-state index contributed by atoms with van der Waals surface area (Å²) in [4.78, 5) is 0. The molecule has 2 aromatic carbocycles. The molecule has 4 rings (SSSR count). The molecule has 3 heteroatoms. The molecule has 2 nitrogen and oxygen atoms in total. The number of aryl methyl sites for hydroxylation is 1. The number of nitrogens with one attached hydrogen (secondary N) is 1. The van der Waals surface area contributed by atoms with Crippen molar-refractivity contribution in [1.29, 1.82) is 0 Å². The SMILES string of the molecule is CCc1ccc2c(c1)[C@@H]1OCCC[C@@H]1[C@H](c1ccc(F)cc1)N2. The summed E-state index contributed by atoms with van der Waals surface area (Å²) in [6.45, 7) is 3.01. The summed E-state index contributed by atoms with van der Waals surface area (Å²) in [7, 11) is 0. The Morgan fingerprint density at radius 3 is 2.78 bits per heavy atom. The van der Waals surface area contributed by atoms with Gasteiger partial charge in [-0.1, -0.05) is 31.2 Å². The first-order chi connectivity index (χ1) is 11.3. The Balaban J connectivity index is 1.75. The van der Waals surface area contributed by atoms with Crippen LogP contribution in [0.5, 0.6) is 0 Å². The highest BCUT2D eigenvalue weighted by Crippen LogP contribution is 2.49. The van der Waals surface area contributed by atoms with Gasteiger partial charge in [0, 0.05) is 23.8 Å². The molecule has 3 atom stereocenters. The van der Waals surface area contributed by atoms with E-state index in [4.69, 9.17) is 4.74 Å². The maximum Gasteiger partial charge on any atom is 0.123 e. The van der Waals surface area contributed by atoms with Crippen LogP contribution in [0.1, 0.15) is 48.6 Å². The number of hydrogen-bond acceptors (Lipinski definition) is 2. The highest BCUT2D eigenvalue weighted by Gasteiger charge is 2.39. The van der Waals surface area contributed by atoms with Crippen LogP contribution in [0.2, 0.25) is 0 Å². The van der Waals surface area contributed by atoms with Crippen molar-refractivity contribution in [3.63, 3.8) is 0 Å². The molecule has 0 aliphatic carbocycles. The van der Waals surface area contributed by atoms with Gasteiger partial charge in [0.15, 0.2) is 0 Å². The summed E-state index contributed by atoms with van der Waals surface area (Å²) in [5.74, 6) is 0.211. The smallest absolute Gasteiger partial charge is 0.123 e. The monoisotopic (exact) mass is 311 g/mol. The molecule has 2 heterocycles. The quantitative estimate of drug-likeness (QED) is 0.840. The summed E-state index contributed by atoms with van der Waals surface area (Å²) in [6.07, 6.45) is 3.40. The third-order valence-corrected chi connectivity index (χ3v) is 5.17. The van der Waals surface area contributed by atoms with Crippen molar-refractivity contribution in [3.8, 4) is 0 Å². The van der Waals surface area contributed by atoms with E-state index in [2.05, 4.69) is 30.4 Å². The highest BCUT2D eigenvalue weighted by atomic mass is 19.1. The number of hydrogen-bond donors (Lipinski definition) is 1. The molecule has 2 aliphatic rings. The Hall–Kier alpha value is -1.87. The molecule has 1 saturated heterocycles. The topological polar surface area (TPSA) is 21.3 Å². The van der Waals surface area contributed by atoms with Crippen LogP contribution in [-0.4, -0.2) is 6.61 Å². The Kier molecular flexibility index (Phi) is 3.82. The van der Waals surface area contributed by atoms with Crippen LogP contribution in [0.15, 0.2) is 42.5 Å². The van der Waals surface area contributed by atoms with E-state index in [0.29, 0.717) is 5.92 Å². The molecule has 0 saturated carbocycles. The van der Waals surface area contributed by atoms with E-state index in [1.165, 1.54) is 11.1 Å². The van der Waals surface area contributed by atoms with Crippen LogP contribution in [0, 0.1) is 11.7 Å². The average molecular weight is 311 g/mol.